The first-order valence-corrected chi connectivity index (χ1v) is 6.09. The van der Waals surface area contributed by atoms with Gasteiger partial charge in [0.15, 0.2) is 0 Å². The summed E-state index contributed by atoms with van der Waals surface area (Å²) in [6.07, 6.45) is 2.62. The van der Waals surface area contributed by atoms with E-state index < -0.39 is 0 Å². The van der Waals surface area contributed by atoms with Crippen LogP contribution < -0.4 is 5.32 Å². The molecular weight excluding hydrogens is 272 g/mol. The molecule has 5 heteroatoms. The predicted octanol–water partition coefficient (Wildman–Crippen LogP) is 2.86. The van der Waals surface area contributed by atoms with Crippen LogP contribution in [0.5, 0.6) is 0 Å². The number of non-ortho nitro benzene ring substituents is 1. The average molecular weight is 285 g/mol. The molecule has 0 amide bonds. The minimum atomic E-state index is -0.366. The molecule has 1 N–H and O–H groups in total. The van der Waals surface area contributed by atoms with E-state index >= 15 is 0 Å². The highest BCUT2D eigenvalue weighted by Crippen LogP contribution is 2.28. The van der Waals surface area contributed by atoms with E-state index in [1.54, 1.807) is 6.07 Å². The number of rotatable bonds is 5. The van der Waals surface area contributed by atoms with Crippen molar-refractivity contribution in [2.45, 2.75) is 19.4 Å². The maximum Gasteiger partial charge on any atom is 0.270 e. The van der Waals surface area contributed by atoms with Crippen LogP contribution in [0.1, 0.15) is 18.4 Å². The van der Waals surface area contributed by atoms with E-state index in [0.717, 1.165) is 22.5 Å². The minimum absolute atomic E-state index is 0.137. The fourth-order valence-corrected chi connectivity index (χ4v) is 2.11. The van der Waals surface area contributed by atoms with Crippen LogP contribution >= 0.6 is 15.9 Å². The zero-order chi connectivity index (χ0) is 11.5. The van der Waals surface area contributed by atoms with Gasteiger partial charge >= 0.3 is 0 Å². The van der Waals surface area contributed by atoms with Gasteiger partial charge in [-0.3, -0.25) is 10.1 Å². The second-order valence-electron chi connectivity index (χ2n) is 4.15. The van der Waals surface area contributed by atoms with Gasteiger partial charge in [-0.25, -0.2) is 0 Å². The summed E-state index contributed by atoms with van der Waals surface area (Å²) in [7, 11) is 0. The fraction of sp³-hybridized carbons (Fsp3) is 0.455. The number of nitrogens with zero attached hydrogens (tertiary/aromatic N) is 1. The Labute approximate surface area is 102 Å². The molecule has 0 atom stereocenters. The van der Waals surface area contributed by atoms with Gasteiger partial charge in [-0.15, -0.1) is 0 Å². The number of nitro benzene ring substituents is 1. The van der Waals surface area contributed by atoms with Gasteiger partial charge in [0.05, 0.1) is 4.92 Å². The molecule has 0 heterocycles. The van der Waals surface area contributed by atoms with Crippen molar-refractivity contribution in [3.05, 3.63) is 38.3 Å². The Kier molecular flexibility index (Phi) is 3.56. The number of nitrogens with one attached hydrogen (secondary N) is 1. The van der Waals surface area contributed by atoms with Crippen LogP contribution in [0.15, 0.2) is 22.7 Å². The van der Waals surface area contributed by atoms with Crippen LogP contribution in [0.25, 0.3) is 0 Å². The van der Waals surface area contributed by atoms with Crippen molar-refractivity contribution in [3.63, 3.8) is 0 Å². The second-order valence-corrected chi connectivity index (χ2v) is 5.06. The van der Waals surface area contributed by atoms with Crippen molar-refractivity contribution < 1.29 is 4.92 Å². The van der Waals surface area contributed by atoms with E-state index in [4.69, 9.17) is 0 Å². The van der Waals surface area contributed by atoms with E-state index in [1.807, 2.05) is 6.07 Å². The van der Waals surface area contributed by atoms with Crippen molar-refractivity contribution in [1.29, 1.82) is 0 Å². The number of hydrogen-bond donors (Lipinski definition) is 1. The van der Waals surface area contributed by atoms with Crippen LogP contribution in [-0.4, -0.2) is 11.5 Å². The highest BCUT2D eigenvalue weighted by atomic mass is 79.9. The monoisotopic (exact) mass is 284 g/mol. The normalized spacial score (nSPS) is 15.1. The Bertz CT molecular complexity index is 405. The summed E-state index contributed by atoms with van der Waals surface area (Å²) in [5, 5.41) is 14.0. The third-order valence-electron chi connectivity index (χ3n) is 2.61. The maximum atomic E-state index is 10.7. The van der Waals surface area contributed by atoms with E-state index in [2.05, 4.69) is 21.2 Å². The standard InChI is InChI=1S/C11H13BrN2O2/c12-10-3-9(4-11(5-10)14(15)16)7-13-6-8-1-2-8/h3-5,8,13H,1-2,6-7H2. The molecule has 4 nitrogen and oxygen atoms in total. The summed E-state index contributed by atoms with van der Waals surface area (Å²) in [6, 6.07) is 5.04. The van der Waals surface area contributed by atoms with Crippen LogP contribution in [0.3, 0.4) is 0 Å². The van der Waals surface area contributed by atoms with Crippen molar-refractivity contribution in [1.82, 2.24) is 5.32 Å². The van der Waals surface area contributed by atoms with E-state index in [9.17, 15) is 10.1 Å². The molecule has 1 aliphatic rings. The van der Waals surface area contributed by atoms with Gasteiger partial charge in [-0.2, -0.15) is 0 Å². The molecule has 0 radical (unpaired) electrons. The third-order valence-corrected chi connectivity index (χ3v) is 3.07. The molecule has 2 rings (SSSR count). The second kappa shape index (κ2) is 4.93. The van der Waals surface area contributed by atoms with Gasteiger partial charge in [0.2, 0.25) is 0 Å². The molecule has 1 fully saturated rings. The largest absolute Gasteiger partial charge is 0.312 e. The zero-order valence-electron chi connectivity index (χ0n) is 8.78. The average Bonchev–Trinajstić information content (AvgIpc) is 3.01. The highest BCUT2D eigenvalue weighted by Gasteiger charge is 2.20. The summed E-state index contributed by atoms with van der Waals surface area (Å²) < 4.78 is 0.755. The Morgan fingerprint density at radius 3 is 2.81 bits per heavy atom. The van der Waals surface area contributed by atoms with Gasteiger partial charge in [0, 0.05) is 23.2 Å². The highest BCUT2D eigenvalue weighted by molar-refractivity contribution is 9.10. The topological polar surface area (TPSA) is 55.2 Å². The number of nitro groups is 1. The first kappa shape index (κ1) is 11.5. The lowest BCUT2D eigenvalue weighted by atomic mass is 10.2. The number of halogens is 1. The quantitative estimate of drug-likeness (QED) is 0.668. The molecule has 16 heavy (non-hydrogen) atoms. The number of benzene rings is 1. The summed E-state index contributed by atoms with van der Waals surface area (Å²) >= 11 is 3.28. The molecule has 86 valence electrons. The van der Waals surface area contributed by atoms with Crippen molar-refractivity contribution in [3.8, 4) is 0 Å². The van der Waals surface area contributed by atoms with Crippen LogP contribution in [0.2, 0.25) is 0 Å². The van der Waals surface area contributed by atoms with Crippen LogP contribution in [-0.2, 0) is 6.54 Å². The molecule has 0 aromatic heterocycles. The van der Waals surface area contributed by atoms with E-state index in [0.29, 0.717) is 6.54 Å². The lowest BCUT2D eigenvalue weighted by Crippen LogP contribution is -2.16. The zero-order valence-corrected chi connectivity index (χ0v) is 10.4. The summed E-state index contributed by atoms with van der Waals surface area (Å²) in [6.45, 7) is 1.71. The van der Waals surface area contributed by atoms with Gasteiger partial charge in [0.1, 0.15) is 0 Å². The molecule has 0 spiro atoms. The smallest absolute Gasteiger partial charge is 0.270 e. The molecule has 1 saturated carbocycles. The summed E-state index contributed by atoms with van der Waals surface area (Å²) in [5.74, 6) is 0.821. The Balaban J connectivity index is 1.98. The Hall–Kier alpha value is -0.940. The predicted molar refractivity (Wildman–Crippen MR) is 65.2 cm³/mol. The van der Waals surface area contributed by atoms with Gasteiger partial charge in [-0.05, 0) is 36.9 Å². The Morgan fingerprint density at radius 2 is 2.19 bits per heavy atom. The van der Waals surface area contributed by atoms with E-state index in [-0.39, 0.29) is 10.6 Å². The van der Waals surface area contributed by atoms with Crippen molar-refractivity contribution in [2.24, 2.45) is 5.92 Å². The maximum absolute atomic E-state index is 10.7. The summed E-state index contributed by atoms with van der Waals surface area (Å²) in [4.78, 5) is 10.3. The first-order chi connectivity index (χ1) is 7.65. The van der Waals surface area contributed by atoms with Gasteiger partial charge < -0.3 is 5.32 Å². The molecule has 0 bridgehead atoms. The molecule has 1 aromatic carbocycles. The van der Waals surface area contributed by atoms with Crippen LogP contribution in [0.4, 0.5) is 5.69 Å². The molecule has 1 aliphatic carbocycles. The van der Waals surface area contributed by atoms with Crippen molar-refractivity contribution >= 4 is 21.6 Å². The van der Waals surface area contributed by atoms with E-state index in [1.165, 1.54) is 18.9 Å². The molecule has 1 aromatic rings. The third kappa shape index (κ3) is 3.28. The van der Waals surface area contributed by atoms with Crippen LogP contribution in [0, 0.1) is 16.0 Å². The lowest BCUT2D eigenvalue weighted by Gasteiger charge is -2.04. The molecular formula is C11H13BrN2O2. The molecule has 0 unspecified atom stereocenters. The fourth-order valence-electron chi connectivity index (χ4n) is 1.58. The number of hydrogen-bond acceptors (Lipinski definition) is 3. The van der Waals surface area contributed by atoms with Gasteiger partial charge in [-0.1, -0.05) is 15.9 Å². The Morgan fingerprint density at radius 1 is 1.44 bits per heavy atom. The van der Waals surface area contributed by atoms with Crippen molar-refractivity contribution in [2.75, 3.05) is 6.54 Å². The molecule has 0 saturated heterocycles. The lowest BCUT2D eigenvalue weighted by molar-refractivity contribution is -0.385. The SMILES string of the molecule is O=[N+]([O-])c1cc(Br)cc(CNCC2CC2)c1. The minimum Gasteiger partial charge on any atom is -0.312 e. The summed E-state index contributed by atoms with van der Waals surface area (Å²) in [5.41, 5.74) is 1.08. The molecule has 0 aliphatic heterocycles. The van der Waals surface area contributed by atoms with Gasteiger partial charge in [0.25, 0.3) is 5.69 Å². The first-order valence-electron chi connectivity index (χ1n) is 5.30.